The summed E-state index contributed by atoms with van der Waals surface area (Å²) in [6, 6.07) is 38.1. The summed E-state index contributed by atoms with van der Waals surface area (Å²) in [7, 11) is -2.02. The number of fused-ring (bicyclic) bond motifs is 3. The quantitative estimate of drug-likeness (QED) is 0.257. The van der Waals surface area contributed by atoms with Crippen molar-refractivity contribution in [3.63, 3.8) is 0 Å². The van der Waals surface area contributed by atoms with Crippen molar-refractivity contribution in [2.75, 3.05) is 0 Å². The van der Waals surface area contributed by atoms with Crippen molar-refractivity contribution in [3.8, 4) is 11.1 Å². The Labute approximate surface area is 209 Å². The fourth-order valence-corrected chi connectivity index (χ4v) is 9.54. The molecule has 1 atom stereocenters. The minimum atomic E-state index is -2.02. The van der Waals surface area contributed by atoms with E-state index in [-0.39, 0.29) is 0 Å². The van der Waals surface area contributed by atoms with E-state index in [1.165, 1.54) is 10.4 Å². The number of hydrogen-bond donors (Lipinski definition) is 1. The van der Waals surface area contributed by atoms with Crippen LogP contribution in [0, 0.1) is 0 Å². The highest BCUT2D eigenvalue weighted by Crippen LogP contribution is 2.45. The minimum Gasteiger partial charge on any atom is -0.376 e. The van der Waals surface area contributed by atoms with Crippen LogP contribution < -0.4 is 10.4 Å². The number of rotatable bonds is 2. The second kappa shape index (κ2) is 7.77. The van der Waals surface area contributed by atoms with Gasteiger partial charge in [0.2, 0.25) is 0 Å². The average molecular weight is 522 g/mol. The molecular weight excluding hydrogens is 496 g/mol. The summed E-state index contributed by atoms with van der Waals surface area (Å²) in [5.41, 5.74) is 3.99. The third kappa shape index (κ3) is 3.01. The smallest absolute Gasteiger partial charge is 0.140 e. The third-order valence-corrected chi connectivity index (χ3v) is 11.5. The van der Waals surface area contributed by atoms with Gasteiger partial charge in [-0.1, -0.05) is 126 Å². The van der Waals surface area contributed by atoms with Crippen LogP contribution in [0.3, 0.4) is 0 Å². The summed E-state index contributed by atoms with van der Waals surface area (Å²) < 4.78 is 1.05. The normalized spacial score (nSPS) is 18.4. The molecule has 0 spiro atoms. The van der Waals surface area contributed by atoms with Gasteiger partial charge in [0.25, 0.3) is 0 Å². The molecule has 0 saturated heterocycles. The molecule has 0 radical (unpaired) electrons. The number of hydrogen-bond acceptors (Lipinski definition) is 1. The van der Waals surface area contributed by atoms with Crippen molar-refractivity contribution < 1.29 is 5.11 Å². The lowest BCUT2D eigenvalue weighted by atomic mass is 9.76. The van der Waals surface area contributed by atoms with E-state index in [0.29, 0.717) is 0 Å². The van der Waals surface area contributed by atoms with Crippen molar-refractivity contribution in [1.29, 1.82) is 0 Å². The fraction of sp³-hybridized carbons (Fsp3) is 0.0968. The molecule has 5 aromatic rings. The molecule has 3 heteroatoms. The molecule has 0 saturated carbocycles. The van der Waals surface area contributed by atoms with Crippen LogP contribution in [-0.2, 0) is 5.60 Å². The highest BCUT2D eigenvalue weighted by atomic mass is 79.9. The Morgan fingerprint density at radius 3 is 2.09 bits per heavy atom. The van der Waals surface area contributed by atoms with Crippen molar-refractivity contribution in [1.82, 2.24) is 0 Å². The summed E-state index contributed by atoms with van der Waals surface area (Å²) in [4.78, 5) is 0. The first-order valence-electron chi connectivity index (χ1n) is 11.6. The van der Waals surface area contributed by atoms with Gasteiger partial charge in [0.1, 0.15) is 13.7 Å². The van der Waals surface area contributed by atoms with Gasteiger partial charge >= 0.3 is 0 Å². The monoisotopic (exact) mass is 520 g/mol. The largest absolute Gasteiger partial charge is 0.376 e. The molecule has 1 heterocycles. The third-order valence-electron chi connectivity index (χ3n) is 7.41. The highest BCUT2D eigenvalue weighted by Gasteiger charge is 2.48. The molecule has 0 aliphatic carbocycles. The minimum absolute atomic E-state index is 0.935. The Balaban J connectivity index is 1.77. The molecule has 0 fully saturated rings. The standard InChI is InChI=1S/C31H25BrOSi/c1-34(2)28-17-7-6-15-25(28)31(33,26-19-18-23(32)20-29(26)34)27-16-9-13-22-12-8-14-24(30(22)27)21-10-4-3-5-11-21/h3-20,33H,1-2H3. The zero-order valence-corrected chi connectivity index (χ0v) is 21.8. The lowest BCUT2D eigenvalue weighted by Gasteiger charge is -2.44. The first-order valence-corrected chi connectivity index (χ1v) is 15.4. The van der Waals surface area contributed by atoms with E-state index in [2.05, 4.69) is 132 Å². The van der Waals surface area contributed by atoms with Crippen LogP contribution in [0.1, 0.15) is 16.7 Å². The molecule has 166 valence electrons. The second-order valence-corrected chi connectivity index (χ2v) is 14.9. The average Bonchev–Trinajstić information content (AvgIpc) is 2.87. The zero-order valence-electron chi connectivity index (χ0n) is 19.2. The Bertz CT molecular complexity index is 1550. The lowest BCUT2D eigenvalue weighted by molar-refractivity contribution is 0.128. The molecule has 6 rings (SSSR count). The fourth-order valence-electron chi connectivity index (χ4n) is 5.77. The topological polar surface area (TPSA) is 20.2 Å². The molecule has 1 N–H and O–H groups in total. The van der Waals surface area contributed by atoms with E-state index >= 15 is 0 Å². The van der Waals surface area contributed by atoms with Crippen LogP contribution in [0.2, 0.25) is 13.1 Å². The maximum absolute atomic E-state index is 12.9. The van der Waals surface area contributed by atoms with E-state index in [4.69, 9.17) is 0 Å². The maximum Gasteiger partial charge on any atom is 0.140 e. The van der Waals surface area contributed by atoms with Gasteiger partial charge in [0, 0.05) is 10.0 Å². The van der Waals surface area contributed by atoms with Crippen molar-refractivity contribution in [3.05, 3.63) is 130 Å². The predicted octanol–water partition coefficient (Wildman–Crippen LogP) is 6.69. The Hall–Kier alpha value is -2.98. The van der Waals surface area contributed by atoms with Gasteiger partial charge < -0.3 is 5.11 Å². The summed E-state index contributed by atoms with van der Waals surface area (Å²) in [5.74, 6) is 0. The first-order chi connectivity index (χ1) is 16.4. The highest BCUT2D eigenvalue weighted by molar-refractivity contribution is 9.10. The summed E-state index contributed by atoms with van der Waals surface area (Å²) in [6.45, 7) is 4.77. The summed E-state index contributed by atoms with van der Waals surface area (Å²) >= 11 is 3.70. The molecule has 1 aliphatic rings. The van der Waals surface area contributed by atoms with Gasteiger partial charge in [-0.3, -0.25) is 0 Å². The Morgan fingerprint density at radius 2 is 1.29 bits per heavy atom. The van der Waals surface area contributed by atoms with Crippen LogP contribution in [-0.4, -0.2) is 13.2 Å². The van der Waals surface area contributed by atoms with Crippen LogP contribution in [0.5, 0.6) is 0 Å². The van der Waals surface area contributed by atoms with E-state index in [1.807, 2.05) is 6.07 Å². The molecule has 1 unspecified atom stereocenters. The molecule has 0 amide bonds. The molecule has 34 heavy (non-hydrogen) atoms. The van der Waals surface area contributed by atoms with Crippen LogP contribution in [0.15, 0.2) is 114 Å². The SMILES string of the molecule is C[Si]1(C)c2ccccc2C(O)(c2cccc3cccc(-c4ccccc4)c23)c2ccc(Br)cc21. The summed E-state index contributed by atoms with van der Waals surface area (Å²) in [5, 5.41) is 17.7. The molecule has 1 aliphatic heterocycles. The Morgan fingerprint density at radius 1 is 0.647 bits per heavy atom. The predicted molar refractivity (Wildman–Crippen MR) is 149 cm³/mol. The van der Waals surface area contributed by atoms with Crippen molar-refractivity contribution >= 4 is 45.1 Å². The van der Waals surface area contributed by atoms with Crippen molar-refractivity contribution in [2.45, 2.75) is 18.7 Å². The van der Waals surface area contributed by atoms with E-state index in [1.54, 1.807) is 0 Å². The van der Waals surface area contributed by atoms with Crippen LogP contribution in [0.25, 0.3) is 21.9 Å². The van der Waals surface area contributed by atoms with Gasteiger partial charge in [-0.2, -0.15) is 0 Å². The van der Waals surface area contributed by atoms with Crippen LogP contribution >= 0.6 is 15.9 Å². The maximum atomic E-state index is 12.9. The number of halogens is 1. The van der Waals surface area contributed by atoms with E-state index < -0.39 is 13.7 Å². The van der Waals surface area contributed by atoms with Gasteiger partial charge in [-0.25, -0.2) is 0 Å². The van der Waals surface area contributed by atoms with Gasteiger partial charge in [0.05, 0.1) is 0 Å². The van der Waals surface area contributed by atoms with E-state index in [9.17, 15) is 5.11 Å². The first kappa shape index (κ1) is 21.5. The van der Waals surface area contributed by atoms with Crippen molar-refractivity contribution in [2.24, 2.45) is 0 Å². The van der Waals surface area contributed by atoms with Gasteiger partial charge in [-0.15, -0.1) is 0 Å². The second-order valence-electron chi connectivity index (χ2n) is 9.65. The molecule has 1 nitrogen and oxygen atoms in total. The number of aliphatic hydroxyl groups is 1. The van der Waals surface area contributed by atoms with Gasteiger partial charge in [0.15, 0.2) is 0 Å². The number of benzene rings is 5. The lowest BCUT2D eigenvalue weighted by Crippen LogP contribution is -2.63. The molecule has 0 bridgehead atoms. The molecule has 0 aromatic heterocycles. The summed E-state index contributed by atoms with van der Waals surface area (Å²) in [6.07, 6.45) is 0. The van der Waals surface area contributed by atoms with Crippen LogP contribution in [0.4, 0.5) is 0 Å². The van der Waals surface area contributed by atoms with Gasteiger partial charge in [-0.05, 0) is 55.5 Å². The Kier molecular flexibility index (Phi) is 4.93. The zero-order chi connectivity index (χ0) is 23.5. The molecular formula is C31H25BrOSi. The van der Waals surface area contributed by atoms with E-state index in [0.717, 1.165) is 43.1 Å². The molecule has 5 aromatic carbocycles.